The number of anilines is 3. The second kappa shape index (κ2) is 8.88. The van der Waals surface area contributed by atoms with Crippen LogP contribution in [0.4, 0.5) is 17.3 Å². The number of pyridine rings is 1. The summed E-state index contributed by atoms with van der Waals surface area (Å²) in [5.74, 6) is 2.31. The summed E-state index contributed by atoms with van der Waals surface area (Å²) in [5, 5.41) is 8.76. The molecule has 0 spiro atoms. The van der Waals surface area contributed by atoms with E-state index in [1.807, 2.05) is 38.5 Å². The van der Waals surface area contributed by atoms with Gasteiger partial charge in [-0.25, -0.2) is 23.4 Å². The molecule has 2 atom stereocenters. The summed E-state index contributed by atoms with van der Waals surface area (Å²) in [7, 11) is -1.12. The van der Waals surface area contributed by atoms with Gasteiger partial charge in [-0.2, -0.15) is 5.10 Å². The summed E-state index contributed by atoms with van der Waals surface area (Å²) in [6.45, 7) is 9.06. The van der Waals surface area contributed by atoms with E-state index in [4.69, 9.17) is 0 Å². The van der Waals surface area contributed by atoms with Crippen molar-refractivity contribution in [3.05, 3.63) is 42.6 Å². The van der Waals surface area contributed by atoms with Crippen molar-refractivity contribution in [2.45, 2.75) is 39.8 Å². The Kier molecular flexibility index (Phi) is 5.98. The molecule has 4 aromatic heterocycles. The number of rotatable bonds is 7. The molecule has 190 valence electrons. The van der Waals surface area contributed by atoms with Gasteiger partial charge in [0.25, 0.3) is 0 Å². The maximum absolute atomic E-state index is 11.8. The van der Waals surface area contributed by atoms with Crippen LogP contribution >= 0.6 is 0 Å². The number of nitrogens with one attached hydrogen (secondary N) is 1. The lowest BCUT2D eigenvalue weighted by Gasteiger charge is -2.47. The van der Waals surface area contributed by atoms with Gasteiger partial charge in [0.15, 0.2) is 5.82 Å². The molecule has 1 saturated heterocycles. The Morgan fingerprint density at radius 3 is 2.61 bits per heavy atom. The molecule has 4 aromatic rings. The average Bonchev–Trinajstić information content (AvgIpc) is 3.34. The molecule has 1 fully saturated rings. The van der Waals surface area contributed by atoms with Crippen LogP contribution in [0.15, 0.2) is 36.9 Å². The number of hydrogen-bond acceptors (Lipinski definition) is 8. The highest BCUT2D eigenvalue weighted by molar-refractivity contribution is 7.90. The van der Waals surface area contributed by atoms with E-state index in [1.165, 1.54) is 6.26 Å². The first-order valence-corrected chi connectivity index (χ1v) is 14.1. The van der Waals surface area contributed by atoms with E-state index in [2.05, 4.69) is 61.8 Å². The van der Waals surface area contributed by atoms with Crippen molar-refractivity contribution in [2.24, 2.45) is 13.0 Å². The van der Waals surface area contributed by atoms with Crippen molar-refractivity contribution in [2.75, 3.05) is 28.8 Å². The number of aryl methyl sites for hydroxylation is 2. The summed E-state index contributed by atoms with van der Waals surface area (Å²) in [6, 6.07) is 4.25. The summed E-state index contributed by atoms with van der Waals surface area (Å²) in [6.07, 6.45) is 8.98. The fourth-order valence-corrected chi connectivity index (χ4v) is 6.11. The highest BCUT2D eigenvalue weighted by atomic mass is 32.2. The van der Waals surface area contributed by atoms with Crippen LogP contribution in [0.3, 0.4) is 0 Å². The van der Waals surface area contributed by atoms with Crippen molar-refractivity contribution >= 4 is 38.1 Å². The van der Waals surface area contributed by atoms with Crippen LogP contribution in [0.1, 0.15) is 32.5 Å². The standard InChI is InChI=1S/C25H32N8O2S/c1-15(2)32-13-22(33-11-18(17(33)4)14-36(6,34)35)19-10-27-24(9-21(19)32)28-23-7-8-26-25(29-23)20-12-31(5)30-16(20)3/h7-10,12-13,15,17-18H,11,14H2,1-6H3,(H,26,27,28,29)/t17-,18-/m1/s1. The van der Waals surface area contributed by atoms with E-state index in [0.717, 1.165) is 34.4 Å². The predicted molar refractivity (Wildman–Crippen MR) is 142 cm³/mol. The molecular weight excluding hydrogens is 476 g/mol. The Bertz CT molecular complexity index is 1540. The molecule has 0 unspecified atom stereocenters. The molecule has 5 rings (SSSR count). The minimum atomic E-state index is -3.00. The normalized spacial score (nSPS) is 18.1. The first-order chi connectivity index (χ1) is 17.0. The minimum absolute atomic E-state index is 0.141. The Balaban J connectivity index is 1.44. The SMILES string of the molecule is Cc1nn(C)cc1-c1nccc(Nc2cc3c(cn2)c(N2C[C@H](CS(C)(=O)=O)[C@H]2C)cn3C(C)C)n1. The maximum Gasteiger partial charge on any atom is 0.164 e. The van der Waals surface area contributed by atoms with Crippen LogP contribution in [0.25, 0.3) is 22.3 Å². The predicted octanol–water partition coefficient (Wildman–Crippen LogP) is 3.73. The Hall–Kier alpha value is -3.47. The van der Waals surface area contributed by atoms with Gasteiger partial charge in [-0.15, -0.1) is 0 Å². The molecular formula is C25H32N8O2S. The van der Waals surface area contributed by atoms with Gasteiger partial charge in [-0.1, -0.05) is 0 Å². The largest absolute Gasteiger partial charge is 0.366 e. The van der Waals surface area contributed by atoms with E-state index in [0.29, 0.717) is 17.5 Å². The highest BCUT2D eigenvalue weighted by Crippen LogP contribution is 2.39. The lowest BCUT2D eigenvalue weighted by Crippen LogP contribution is -2.57. The molecule has 0 radical (unpaired) electrons. The quantitative estimate of drug-likeness (QED) is 0.402. The first-order valence-electron chi connectivity index (χ1n) is 12.1. The molecule has 10 nitrogen and oxygen atoms in total. The average molecular weight is 509 g/mol. The van der Waals surface area contributed by atoms with Gasteiger partial charge in [-0.3, -0.25) is 4.68 Å². The number of aromatic nitrogens is 6. The van der Waals surface area contributed by atoms with Crippen LogP contribution in [0.2, 0.25) is 0 Å². The first kappa shape index (κ1) is 24.2. The van der Waals surface area contributed by atoms with E-state index in [1.54, 1.807) is 10.9 Å². The highest BCUT2D eigenvalue weighted by Gasteiger charge is 2.38. The molecule has 0 aliphatic carbocycles. The van der Waals surface area contributed by atoms with E-state index >= 15 is 0 Å². The second-order valence-electron chi connectivity index (χ2n) is 10.0. The number of fused-ring (bicyclic) bond motifs is 1. The lowest BCUT2D eigenvalue weighted by atomic mass is 9.91. The van der Waals surface area contributed by atoms with Crippen LogP contribution in [0.5, 0.6) is 0 Å². The topological polar surface area (TPSA) is 111 Å². The molecule has 1 N–H and O–H groups in total. The van der Waals surface area contributed by atoms with Gasteiger partial charge in [0.2, 0.25) is 0 Å². The van der Waals surface area contributed by atoms with Crippen molar-refractivity contribution < 1.29 is 8.42 Å². The number of sulfone groups is 1. The smallest absolute Gasteiger partial charge is 0.164 e. The third-order valence-corrected chi connectivity index (χ3v) is 7.88. The summed E-state index contributed by atoms with van der Waals surface area (Å²) < 4.78 is 27.6. The van der Waals surface area contributed by atoms with Gasteiger partial charge in [0.1, 0.15) is 21.5 Å². The van der Waals surface area contributed by atoms with Gasteiger partial charge in [-0.05, 0) is 33.8 Å². The van der Waals surface area contributed by atoms with Crippen LogP contribution in [-0.4, -0.2) is 62.3 Å². The van der Waals surface area contributed by atoms with Crippen LogP contribution < -0.4 is 10.2 Å². The fraction of sp³-hybridized carbons (Fsp3) is 0.440. The van der Waals surface area contributed by atoms with Gasteiger partial charge >= 0.3 is 0 Å². The molecule has 0 amide bonds. The molecule has 1 aliphatic rings. The molecule has 5 heterocycles. The molecule has 0 bridgehead atoms. The van der Waals surface area contributed by atoms with E-state index < -0.39 is 9.84 Å². The molecule has 0 aromatic carbocycles. The lowest BCUT2D eigenvalue weighted by molar-refractivity contribution is 0.341. The summed E-state index contributed by atoms with van der Waals surface area (Å²) in [5.41, 5.74) is 3.91. The van der Waals surface area contributed by atoms with Crippen molar-refractivity contribution in [1.82, 2.24) is 29.3 Å². The molecule has 0 saturated carbocycles. The van der Waals surface area contributed by atoms with Gasteiger partial charge in [0, 0.05) is 74.1 Å². The third kappa shape index (κ3) is 4.55. The van der Waals surface area contributed by atoms with E-state index in [9.17, 15) is 8.42 Å². The zero-order valence-electron chi connectivity index (χ0n) is 21.5. The van der Waals surface area contributed by atoms with Crippen molar-refractivity contribution in [3.63, 3.8) is 0 Å². The van der Waals surface area contributed by atoms with Crippen molar-refractivity contribution in [3.8, 4) is 11.4 Å². The van der Waals surface area contributed by atoms with Gasteiger partial charge in [0.05, 0.1) is 28.2 Å². The van der Waals surface area contributed by atoms with Gasteiger partial charge < -0.3 is 14.8 Å². The zero-order chi connectivity index (χ0) is 25.8. The Labute approximate surface area is 211 Å². The monoisotopic (exact) mass is 508 g/mol. The number of hydrogen-bond donors (Lipinski definition) is 1. The molecule has 1 aliphatic heterocycles. The molecule has 11 heteroatoms. The Morgan fingerprint density at radius 2 is 1.97 bits per heavy atom. The van der Waals surface area contributed by atoms with Crippen molar-refractivity contribution in [1.29, 1.82) is 0 Å². The fourth-order valence-electron chi connectivity index (χ4n) is 4.95. The number of nitrogens with zero attached hydrogens (tertiary/aromatic N) is 7. The van der Waals surface area contributed by atoms with Crippen LogP contribution in [0, 0.1) is 12.8 Å². The summed E-state index contributed by atoms with van der Waals surface area (Å²) >= 11 is 0. The minimum Gasteiger partial charge on any atom is -0.366 e. The van der Waals surface area contributed by atoms with E-state index in [-0.39, 0.29) is 23.8 Å². The Morgan fingerprint density at radius 1 is 1.19 bits per heavy atom. The van der Waals surface area contributed by atoms with Crippen LogP contribution in [-0.2, 0) is 16.9 Å². The third-order valence-electron chi connectivity index (χ3n) is 6.85. The summed E-state index contributed by atoms with van der Waals surface area (Å²) in [4.78, 5) is 16.0. The maximum atomic E-state index is 11.8. The second-order valence-corrected chi connectivity index (χ2v) is 12.2. The zero-order valence-corrected chi connectivity index (χ0v) is 22.3. The molecule has 36 heavy (non-hydrogen) atoms.